The first kappa shape index (κ1) is 51.9. The predicted molar refractivity (Wildman–Crippen MR) is 246 cm³/mol. The van der Waals surface area contributed by atoms with E-state index in [1.165, 1.54) is 57.7 Å². The molecule has 1 atom stereocenters. The number of carboxylic acid groups (broad SMARTS) is 3. The lowest BCUT2D eigenvalue weighted by Gasteiger charge is -2.43. The molecule has 2 heterocycles. The first-order valence-corrected chi connectivity index (χ1v) is 23.4. The number of amides is 2. The van der Waals surface area contributed by atoms with E-state index < -0.39 is 63.5 Å². The highest BCUT2D eigenvalue weighted by molar-refractivity contribution is 7.89. The van der Waals surface area contributed by atoms with Gasteiger partial charge in [-0.25, -0.2) is 17.6 Å². The highest BCUT2D eigenvalue weighted by Gasteiger charge is 2.42. The molecule has 16 nitrogen and oxygen atoms in total. The second kappa shape index (κ2) is 21.4. The van der Waals surface area contributed by atoms with E-state index in [2.05, 4.69) is 0 Å². The third-order valence-electron chi connectivity index (χ3n) is 12.4. The molecule has 0 aliphatic carbocycles. The fourth-order valence-electron chi connectivity index (χ4n) is 8.65. The van der Waals surface area contributed by atoms with Crippen LogP contribution in [0, 0.1) is 12.7 Å². The van der Waals surface area contributed by atoms with Crippen LogP contribution in [0.1, 0.15) is 62.2 Å². The number of sulfonamides is 1. The van der Waals surface area contributed by atoms with Gasteiger partial charge in [-0.15, -0.1) is 0 Å². The number of piperazine rings is 2. The monoisotopic (exact) mass is 980 g/mol. The zero-order valence-corrected chi connectivity index (χ0v) is 38.4. The minimum atomic E-state index is -4.62. The van der Waals surface area contributed by atoms with Crippen LogP contribution in [0.3, 0.4) is 0 Å². The average Bonchev–Trinajstić information content (AvgIpc) is 3.31. The zero-order valence-electron chi connectivity index (χ0n) is 37.5. The summed E-state index contributed by atoms with van der Waals surface area (Å²) >= 11 is 0. The molecular weight excluding hydrogens is 929 g/mol. The fourth-order valence-corrected chi connectivity index (χ4v) is 10.1. The van der Waals surface area contributed by atoms with Crippen molar-refractivity contribution >= 4 is 61.3 Å². The van der Waals surface area contributed by atoms with Gasteiger partial charge in [-0.3, -0.25) is 24.1 Å². The Balaban J connectivity index is 0.000000227. The summed E-state index contributed by atoms with van der Waals surface area (Å²) in [5.74, 6) is -4.72. The number of benzene rings is 5. The number of carbonyl (C=O) groups excluding carboxylic acids is 2. The number of carboxylic acids is 3. The van der Waals surface area contributed by atoms with Gasteiger partial charge in [0, 0.05) is 57.9 Å². The summed E-state index contributed by atoms with van der Waals surface area (Å²) in [5, 5.41) is 29.6. The van der Waals surface area contributed by atoms with E-state index in [1.54, 1.807) is 41.0 Å². The number of aliphatic carboxylic acids is 3. The Kier molecular flexibility index (Phi) is 16.1. The van der Waals surface area contributed by atoms with Crippen LogP contribution in [0.4, 0.5) is 17.6 Å². The minimum absolute atomic E-state index is 0.0174. The molecule has 0 unspecified atom stereocenters. The molecule has 0 spiro atoms. The Hall–Kier alpha value is -6.52. The van der Waals surface area contributed by atoms with Gasteiger partial charge in [0.1, 0.15) is 5.82 Å². The van der Waals surface area contributed by atoms with Crippen LogP contribution in [0.15, 0.2) is 89.8 Å². The third-order valence-corrected chi connectivity index (χ3v) is 14.3. The van der Waals surface area contributed by atoms with Gasteiger partial charge in [-0.05, 0) is 113 Å². The van der Waals surface area contributed by atoms with Crippen LogP contribution < -0.4 is 11.5 Å². The standard InChI is InChI=1S/C24H21F3N2O5S.C24H31FN4O5/c25-24(26,27)18-7-6-17-12-16(14-22(30)31)13-21(20(17)15-18)23(32)28-8-10-29(11-9-28)35(33,34)19-4-2-1-3-5-19;1-15-17(13-20(30)31)12-16-4-5-18(25)14-19(16)21(15)22(32)28-8-10-29(11-9-28)24(27,23(33)34)6-2-3-7-26/h1-7,12-13,15H,8-11,14H2,(H,30,31);4-5,12,14H,2-3,6-11,13,26-27H2,1H3,(H,30,31)(H,33,34)/t;24-/m.1/s1. The predicted octanol–water partition coefficient (Wildman–Crippen LogP) is 5.17. The fraction of sp³-hybridized carbons (Fsp3) is 0.354. The Morgan fingerprint density at radius 2 is 1.29 bits per heavy atom. The van der Waals surface area contributed by atoms with Crippen molar-refractivity contribution < 1.29 is 65.3 Å². The Morgan fingerprint density at radius 1 is 0.696 bits per heavy atom. The highest BCUT2D eigenvalue weighted by Crippen LogP contribution is 2.34. The van der Waals surface area contributed by atoms with Crippen molar-refractivity contribution in [2.24, 2.45) is 11.5 Å². The van der Waals surface area contributed by atoms with Crippen LogP contribution in [-0.4, -0.2) is 137 Å². The van der Waals surface area contributed by atoms with Crippen molar-refractivity contribution in [2.45, 2.75) is 55.8 Å². The van der Waals surface area contributed by atoms with Crippen molar-refractivity contribution in [3.8, 4) is 0 Å². The second-order valence-corrected chi connectivity index (χ2v) is 18.8. The van der Waals surface area contributed by atoms with Gasteiger partial charge < -0.3 is 36.6 Å². The van der Waals surface area contributed by atoms with Crippen molar-refractivity contribution in [1.29, 1.82) is 0 Å². The van der Waals surface area contributed by atoms with Crippen LogP contribution in [0.25, 0.3) is 21.5 Å². The third kappa shape index (κ3) is 11.9. The molecule has 21 heteroatoms. The van der Waals surface area contributed by atoms with E-state index >= 15 is 0 Å². The van der Waals surface area contributed by atoms with E-state index in [-0.39, 0.29) is 98.1 Å². The van der Waals surface area contributed by atoms with Gasteiger partial charge in [-0.1, -0.05) is 42.5 Å². The Morgan fingerprint density at radius 3 is 1.88 bits per heavy atom. The molecule has 368 valence electrons. The van der Waals surface area contributed by atoms with Gasteiger partial charge in [0.25, 0.3) is 11.8 Å². The zero-order chi connectivity index (χ0) is 50.4. The number of unbranched alkanes of at least 4 members (excludes halogenated alkanes) is 1. The molecule has 0 aromatic heterocycles. The topological polar surface area (TPSA) is 245 Å². The van der Waals surface area contributed by atoms with Gasteiger partial charge >= 0.3 is 24.1 Å². The summed E-state index contributed by atoms with van der Waals surface area (Å²) < 4.78 is 80.9. The molecule has 0 bridgehead atoms. The summed E-state index contributed by atoms with van der Waals surface area (Å²) in [4.78, 5) is 66.2. The molecule has 2 saturated heterocycles. The second-order valence-electron chi connectivity index (χ2n) is 16.9. The average molecular weight is 981 g/mol. The maximum absolute atomic E-state index is 14.0. The summed E-state index contributed by atoms with van der Waals surface area (Å²) in [6.45, 7) is 3.22. The van der Waals surface area contributed by atoms with Crippen LogP contribution in [-0.2, 0) is 43.4 Å². The molecular formula is C48H52F4N6O10S. The van der Waals surface area contributed by atoms with Crippen molar-refractivity contribution in [1.82, 2.24) is 19.0 Å². The molecule has 2 aliphatic heterocycles. The molecule has 0 saturated carbocycles. The Bertz CT molecular complexity index is 2870. The smallest absolute Gasteiger partial charge is 0.416 e. The summed E-state index contributed by atoms with van der Waals surface area (Å²) in [6.07, 6.45) is -3.80. The molecule has 69 heavy (non-hydrogen) atoms. The summed E-state index contributed by atoms with van der Waals surface area (Å²) in [6, 6.07) is 19.3. The molecule has 7 rings (SSSR count). The molecule has 7 N–H and O–H groups in total. The van der Waals surface area contributed by atoms with E-state index in [4.69, 9.17) is 16.6 Å². The molecule has 2 fully saturated rings. The normalized spacial score (nSPS) is 15.9. The van der Waals surface area contributed by atoms with Crippen molar-refractivity contribution in [2.75, 3.05) is 58.9 Å². The molecule has 0 radical (unpaired) electrons. The summed E-state index contributed by atoms with van der Waals surface area (Å²) in [5.41, 5.74) is 10.8. The quantitative estimate of drug-likeness (QED) is 0.0713. The molecule has 5 aromatic rings. The SMILES string of the molecule is Cc1c(CC(=O)O)cc2ccc(F)cc2c1C(=O)N1CCN([C@](N)(CCCCN)C(=O)O)CC1.O=C(O)Cc1cc(C(=O)N2CCN(S(=O)(=O)c3ccccc3)CC2)c2cc(C(F)(F)F)ccc2c1. The maximum atomic E-state index is 14.0. The summed E-state index contributed by atoms with van der Waals surface area (Å²) in [7, 11) is -3.75. The number of alkyl halides is 3. The van der Waals surface area contributed by atoms with Gasteiger partial charge in [0.05, 0.1) is 28.9 Å². The molecule has 2 amide bonds. The number of nitrogens with two attached hydrogens (primary N) is 2. The van der Waals surface area contributed by atoms with Crippen molar-refractivity contribution in [3.63, 3.8) is 0 Å². The lowest BCUT2D eigenvalue weighted by atomic mass is 9.92. The number of rotatable bonds is 14. The van der Waals surface area contributed by atoms with E-state index in [0.717, 1.165) is 12.1 Å². The van der Waals surface area contributed by atoms with Crippen LogP contribution in [0.5, 0.6) is 0 Å². The van der Waals surface area contributed by atoms with E-state index in [9.17, 15) is 60.2 Å². The largest absolute Gasteiger partial charge is 0.481 e. The number of nitrogens with zero attached hydrogens (tertiary/aromatic N) is 4. The first-order chi connectivity index (χ1) is 32.5. The number of hydrogen-bond donors (Lipinski definition) is 5. The van der Waals surface area contributed by atoms with Gasteiger partial charge in [-0.2, -0.15) is 17.5 Å². The van der Waals surface area contributed by atoms with Crippen LogP contribution in [0.2, 0.25) is 0 Å². The van der Waals surface area contributed by atoms with Crippen molar-refractivity contribution in [3.05, 3.63) is 124 Å². The van der Waals surface area contributed by atoms with Gasteiger partial charge in [0.2, 0.25) is 10.0 Å². The van der Waals surface area contributed by atoms with Gasteiger partial charge in [0.15, 0.2) is 5.66 Å². The number of halogens is 4. The number of fused-ring (bicyclic) bond motifs is 2. The van der Waals surface area contributed by atoms with E-state index in [1.807, 2.05) is 0 Å². The molecule has 2 aliphatic rings. The van der Waals surface area contributed by atoms with Crippen LogP contribution >= 0.6 is 0 Å². The number of hydrogen-bond acceptors (Lipinski definition) is 10. The molecule has 5 aromatic carbocycles. The lowest BCUT2D eigenvalue weighted by Crippen LogP contribution is -2.66. The maximum Gasteiger partial charge on any atom is 0.416 e. The Labute approximate surface area is 394 Å². The lowest BCUT2D eigenvalue weighted by molar-refractivity contribution is -0.153. The van der Waals surface area contributed by atoms with E-state index in [0.29, 0.717) is 46.7 Å². The highest BCUT2D eigenvalue weighted by atomic mass is 32.2. The minimum Gasteiger partial charge on any atom is -0.481 e. The first-order valence-electron chi connectivity index (χ1n) is 22.0. The number of carbonyl (C=O) groups is 5.